The summed E-state index contributed by atoms with van der Waals surface area (Å²) in [7, 11) is -3.14. The average molecular weight is 343 g/mol. The van der Waals surface area contributed by atoms with Gasteiger partial charge in [-0.1, -0.05) is 61.7 Å². The lowest BCUT2D eigenvalue weighted by atomic mass is 9.56. The summed E-state index contributed by atoms with van der Waals surface area (Å²) in [6.07, 6.45) is 1.12. The lowest BCUT2D eigenvalue weighted by molar-refractivity contribution is 0.299. The molecule has 0 saturated heterocycles. The maximum atomic E-state index is 13.0. The summed E-state index contributed by atoms with van der Waals surface area (Å²) in [6, 6.07) is 16.7. The maximum absolute atomic E-state index is 13.0. The van der Waals surface area contributed by atoms with E-state index in [9.17, 15) is 8.42 Å². The molecule has 0 amide bonds. The van der Waals surface area contributed by atoms with Crippen molar-refractivity contribution in [2.24, 2.45) is 0 Å². The molecule has 0 bridgehead atoms. The molecular formula is C17H23B2NO3S. The molecule has 4 nitrogen and oxygen atoms in total. The van der Waals surface area contributed by atoms with Crippen molar-refractivity contribution in [3.8, 4) is 0 Å². The smallest absolute Gasteiger partial charge is 0.228 e. The van der Waals surface area contributed by atoms with Gasteiger partial charge in [-0.25, -0.2) is 8.42 Å². The lowest BCUT2D eigenvalue weighted by Crippen LogP contribution is -2.45. The highest BCUT2D eigenvalue weighted by atomic mass is 32.2. The minimum Gasteiger partial charge on any atom is -0.396 e. The van der Waals surface area contributed by atoms with Crippen LogP contribution in [0.4, 0.5) is 0 Å². The lowest BCUT2D eigenvalue weighted by Gasteiger charge is -2.25. The molecule has 7 heteroatoms. The number of aliphatic hydroxyl groups excluding tert-OH is 1. The molecule has 0 saturated carbocycles. The maximum Gasteiger partial charge on any atom is 0.228 e. The van der Waals surface area contributed by atoms with Crippen LogP contribution in [0.15, 0.2) is 59.5 Å². The number of sulfonamides is 1. The SMILES string of the molecule is CBN(B(C)Cc1ccccc1)S(=O)(=O)c1cccc(CCO)c1. The van der Waals surface area contributed by atoms with Crippen LogP contribution in [0.2, 0.25) is 13.6 Å². The summed E-state index contributed by atoms with van der Waals surface area (Å²) in [4.78, 5) is 0.287. The standard InChI is InChI=1S/C17H23B2NO3S/c1-18-20(19(2)14-16-7-4-3-5-8-16)24(22,23)17-10-6-9-15(13-17)11-12-21/h3-10,13,18,21H,11-12,14H2,1-2H3. The summed E-state index contributed by atoms with van der Waals surface area (Å²) in [6.45, 7) is 3.66. The van der Waals surface area contributed by atoms with Gasteiger partial charge in [-0.2, -0.15) is 0 Å². The predicted octanol–water partition coefficient (Wildman–Crippen LogP) is 2.01. The first-order valence-corrected chi connectivity index (χ1v) is 9.68. The molecular weight excluding hydrogens is 320 g/mol. The molecule has 0 fully saturated rings. The van der Waals surface area contributed by atoms with Crippen molar-refractivity contribution < 1.29 is 13.5 Å². The Hall–Kier alpha value is -1.56. The van der Waals surface area contributed by atoms with Crippen molar-refractivity contribution in [3.63, 3.8) is 0 Å². The molecule has 1 N–H and O–H groups in total. The van der Waals surface area contributed by atoms with Gasteiger partial charge in [0.25, 0.3) is 0 Å². The molecule has 0 aliphatic heterocycles. The fourth-order valence-corrected chi connectivity index (χ4v) is 4.61. The molecule has 0 aliphatic rings. The van der Waals surface area contributed by atoms with Crippen LogP contribution in [0.25, 0.3) is 0 Å². The Bertz CT molecular complexity index is 753. The molecule has 0 aliphatic carbocycles. The summed E-state index contributed by atoms with van der Waals surface area (Å²) in [5.74, 6) is 0. The van der Waals surface area contributed by atoms with Crippen molar-refractivity contribution in [3.05, 3.63) is 65.7 Å². The molecule has 0 atom stereocenters. The van der Waals surface area contributed by atoms with E-state index in [0.29, 0.717) is 20.2 Å². The Labute approximate surface area is 145 Å². The second-order valence-electron chi connectivity index (χ2n) is 5.87. The minimum absolute atomic E-state index is 0.00536. The van der Waals surface area contributed by atoms with Gasteiger partial charge in [-0.05, 0) is 30.4 Å². The van der Waals surface area contributed by atoms with E-state index in [4.69, 9.17) is 5.11 Å². The van der Waals surface area contributed by atoms with E-state index in [1.807, 2.05) is 50.0 Å². The van der Waals surface area contributed by atoms with Crippen LogP contribution >= 0.6 is 0 Å². The van der Waals surface area contributed by atoms with Crippen LogP contribution in [-0.4, -0.2) is 38.5 Å². The molecule has 126 valence electrons. The number of aliphatic hydroxyl groups is 1. The Balaban J connectivity index is 2.25. The van der Waals surface area contributed by atoms with Gasteiger partial charge < -0.3 is 5.11 Å². The molecule has 2 aromatic carbocycles. The van der Waals surface area contributed by atoms with Gasteiger partial charge in [0, 0.05) is 6.61 Å². The number of hydrogen-bond acceptors (Lipinski definition) is 3. The van der Waals surface area contributed by atoms with Crippen LogP contribution in [0.1, 0.15) is 11.1 Å². The van der Waals surface area contributed by atoms with Crippen molar-refractivity contribution in [1.29, 1.82) is 0 Å². The fourth-order valence-electron chi connectivity index (χ4n) is 2.90. The Morgan fingerprint density at radius 1 is 1.08 bits per heavy atom. The van der Waals surface area contributed by atoms with Crippen LogP contribution < -0.4 is 0 Å². The van der Waals surface area contributed by atoms with E-state index in [0.717, 1.165) is 11.1 Å². The normalized spacial score (nSPS) is 11.5. The third-order valence-electron chi connectivity index (χ3n) is 4.08. The van der Waals surface area contributed by atoms with E-state index in [2.05, 4.69) is 0 Å². The molecule has 0 heterocycles. The van der Waals surface area contributed by atoms with Gasteiger partial charge in [0.1, 0.15) is 0 Å². The van der Waals surface area contributed by atoms with E-state index >= 15 is 0 Å². The number of nitrogens with zero attached hydrogens (tertiary/aromatic N) is 1. The summed E-state index contributed by atoms with van der Waals surface area (Å²) < 4.78 is 27.6. The summed E-state index contributed by atoms with van der Waals surface area (Å²) >= 11 is 0. The van der Waals surface area contributed by atoms with Crippen LogP contribution in [0.5, 0.6) is 0 Å². The quantitative estimate of drug-likeness (QED) is 0.746. The van der Waals surface area contributed by atoms with Gasteiger partial charge >= 0.3 is 0 Å². The Morgan fingerprint density at radius 2 is 1.75 bits per heavy atom. The first kappa shape index (κ1) is 18.8. The second-order valence-corrected chi connectivity index (χ2v) is 7.76. The van der Waals surface area contributed by atoms with Crippen molar-refractivity contribution in [2.45, 2.75) is 31.3 Å². The number of hydrogen-bond donors (Lipinski definition) is 1. The minimum atomic E-state index is -3.56. The van der Waals surface area contributed by atoms with Crippen LogP contribution in [0.3, 0.4) is 0 Å². The largest absolute Gasteiger partial charge is 0.396 e. The van der Waals surface area contributed by atoms with Crippen molar-refractivity contribution >= 4 is 24.3 Å². The van der Waals surface area contributed by atoms with Gasteiger partial charge in [-0.3, -0.25) is 4.13 Å². The number of rotatable bonds is 8. The Morgan fingerprint density at radius 3 is 2.38 bits per heavy atom. The molecule has 0 unspecified atom stereocenters. The molecule has 0 radical (unpaired) electrons. The topological polar surface area (TPSA) is 57.6 Å². The number of benzene rings is 2. The highest BCUT2D eigenvalue weighted by Crippen LogP contribution is 2.19. The third-order valence-corrected chi connectivity index (χ3v) is 6.17. The predicted molar refractivity (Wildman–Crippen MR) is 101 cm³/mol. The third kappa shape index (κ3) is 4.50. The van der Waals surface area contributed by atoms with E-state index in [1.54, 1.807) is 18.2 Å². The van der Waals surface area contributed by atoms with E-state index < -0.39 is 10.0 Å². The van der Waals surface area contributed by atoms with Crippen molar-refractivity contribution in [1.82, 2.24) is 4.13 Å². The summed E-state index contributed by atoms with van der Waals surface area (Å²) in [5, 5.41) is 9.06. The van der Waals surface area contributed by atoms with Crippen LogP contribution in [0, 0.1) is 0 Å². The second kappa shape index (κ2) is 8.51. The molecule has 2 aromatic rings. The Kier molecular flexibility index (Phi) is 6.66. The summed E-state index contributed by atoms with van der Waals surface area (Å²) in [5.41, 5.74) is 1.94. The molecule has 24 heavy (non-hydrogen) atoms. The average Bonchev–Trinajstić information content (AvgIpc) is 2.56. The van der Waals surface area contributed by atoms with Gasteiger partial charge in [0.05, 0.1) is 4.90 Å². The monoisotopic (exact) mass is 343 g/mol. The van der Waals surface area contributed by atoms with Gasteiger partial charge in [0.15, 0.2) is 0 Å². The fraction of sp³-hybridized carbons (Fsp3) is 0.294. The highest BCUT2D eigenvalue weighted by Gasteiger charge is 2.30. The first-order valence-electron chi connectivity index (χ1n) is 8.24. The van der Waals surface area contributed by atoms with Crippen molar-refractivity contribution in [2.75, 3.05) is 6.61 Å². The van der Waals surface area contributed by atoms with E-state index in [1.165, 1.54) is 4.13 Å². The molecule has 0 aromatic heterocycles. The zero-order chi connectivity index (χ0) is 17.6. The first-order chi connectivity index (χ1) is 11.5. The van der Waals surface area contributed by atoms with Crippen LogP contribution in [-0.2, 0) is 22.8 Å². The molecule has 0 spiro atoms. The zero-order valence-electron chi connectivity index (χ0n) is 14.2. The highest BCUT2D eigenvalue weighted by molar-refractivity contribution is 7.91. The van der Waals surface area contributed by atoms with Gasteiger partial charge in [0.2, 0.25) is 24.3 Å². The van der Waals surface area contributed by atoms with E-state index in [-0.39, 0.29) is 18.4 Å². The molecule has 2 rings (SSSR count). The zero-order valence-corrected chi connectivity index (χ0v) is 15.0. The van der Waals surface area contributed by atoms with Gasteiger partial charge in [-0.15, -0.1) is 0 Å².